The predicted molar refractivity (Wildman–Crippen MR) is 66.5 cm³/mol. The van der Waals surface area contributed by atoms with Gasteiger partial charge in [-0.2, -0.15) is 5.26 Å². The van der Waals surface area contributed by atoms with Crippen LogP contribution in [0.1, 0.15) is 24.0 Å². The molecule has 0 radical (unpaired) electrons. The van der Waals surface area contributed by atoms with Crippen LogP contribution in [-0.2, 0) is 0 Å². The Morgan fingerprint density at radius 2 is 2.00 bits per heavy atom. The number of nitriles is 1. The fraction of sp³-hybridized carbons (Fsp3) is 0.500. The number of nitrogens with zero attached hydrogens (tertiary/aromatic N) is 2. The third-order valence-corrected chi connectivity index (χ3v) is 3.56. The third-order valence-electron chi connectivity index (χ3n) is 3.56. The van der Waals surface area contributed by atoms with Gasteiger partial charge in [0.2, 0.25) is 0 Å². The molecule has 0 spiro atoms. The highest BCUT2D eigenvalue weighted by atomic mass is 15.1. The largest absolute Gasteiger partial charge is 0.373 e. The van der Waals surface area contributed by atoms with Crippen LogP contribution in [0.3, 0.4) is 0 Å². The fourth-order valence-corrected chi connectivity index (χ4v) is 1.96. The van der Waals surface area contributed by atoms with Crippen molar-refractivity contribution in [2.75, 3.05) is 18.5 Å². The molecule has 2 rings (SSSR count). The average Bonchev–Trinajstić information content (AvgIpc) is 3.02. The molecule has 0 atom stereocenters. The minimum absolute atomic E-state index is 0.0620. The molecule has 0 aromatic heterocycles. The summed E-state index contributed by atoms with van der Waals surface area (Å²) in [6.07, 6.45) is 2.11. The van der Waals surface area contributed by atoms with E-state index < -0.39 is 0 Å². The summed E-state index contributed by atoms with van der Waals surface area (Å²) in [7, 11) is 2.07. The van der Waals surface area contributed by atoms with Gasteiger partial charge in [0.15, 0.2) is 0 Å². The van der Waals surface area contributed by atoms with Gasteiger partial charge in [0.05, 0.1) is 11.5 Å². The number of hydrogen-bond acceptors (Lipinski definition) is 2. The first kappa shape index (κ1) is 11.0. The smallest absolute Gasteiger partial charge is 0.0749 e. The fourth-order valence-electron chi connectivity index (χ4n) is 1.96. The molecule has 1 saturated carbocycles. The van der Waals surface area contributed by atoms with Crippen LogP contribution in [0.25, 0.3) is 0 Å². The first-order chi connectivity index (χ1) is 7.56. The maximum Gasteiger partial charge on any atom is 0.0749 e. The van der Waals surface area contributed by atoms with Crippen molar-refractivity contribution < 1.29 is 0 Å². The summed E-state index contributed by atoms with van der Waals surface area (Å²) in [5, 5.41) is 9.07. The molecule has 2 nitrogen and oxygen atoms in total. The van der Waals surface area contributed by atoms with Gasteiger partial charge in [0.1, 0.15) is 0 Å². The highest BCUT2D eigenvalue weighted by molar-refractivity contribution is 5.50. The molecule has 1 fully saturated rings. The van der Waals surface area contributed by atoms with Gasteiger partial charge in [-0.25, -0.2) is 0 Å². The number of hydrogen-bond donors (Lipinski definition) is 0. The number of aryl methyl sites for hydroxylation is 2. The third kappa shape index (κ3) is 2.04. The average molecular weight is 214 g/mol. The van der Waals surface area contributed by atoms with E-state index in [0.29, 0.717) is 0 Å². The van der Waals surface area contributed by atoms with E-state index in [1.807, 2.05) is 0 Å². The van der Waals surface area contributed by atoms with E-state index in [0.717, 1.165) is 19.4 Å². The molecule has 0 bridgehead atoms. The van der Waals surface area contributed by atoms with Crippen molar-refractivity contribution in [3.8, 4) is 6.07 Å². The summed E-state index contributed by atoms with van der Waals surface area (Å²) in [4.78, 5) is 2.20. The van der Waals surface area contributed by atoms with Crippen molar-refractivity contribution in [2.24, 2.45) is 5.41 Å². The molecular weight excluding hydrogens is 196 g/mol. The van der Waals surface area contributed by atoms with E-state index >= 15 is 0 Å². The lowest BCUT2D eigenvalue weighted by molar-refractivity contribution is 0.653. The maximum absolute atomic E-state index is 9.07. The summed E-state index contributed by atoms with van der Waals surface area (Å²) in [6.45, 7) is 5.10. The molecule has 1 aliphatic carbocycles. The van der Waals surface area contributed by atoms with E-state index in [1.165, 1.54) is 16.8 Å². The molecule has 0 unspecified atom stereocenters. The van der Waals surface area contributed by atoms with E-state index in [9.17, 15) is 0 Å². The lowest BCUT2D eigenvalue weighted by atomic mass is 10.1. The van der Waals surface area contributed by atoms with E-state index in [2.05, 4.69) is 50.1 Å². The van der Waals surface area contributed by atoms with Gasteiger partial charge < -0.3 is 4.90 Å². The zero-order chi connectivity index (χ0) is 11.8. The molecule has 0 amide bonds. The van der Waals surface area contributed by atoms with Crippen LogP contribution < -0.4 is 4.90 Å². The van der Waals surface area contributed by atoms with E-state index in [-0.39, 0.29) is 5.41 Å². The van der Waals surface area contributed by atoms with Crippen LogP contribution in [0.2, 0.25) is 0 Å². The first-order valence-electron chi connectivity index (χ1n) is 5.76. The van der Waals surface area contributed by atoms with E-state index in [4.69, 9.17) is 5.26 Å². The molecule has 0 N–H and O–H groups in total. The van der Waals surface area contributed by atoms with Crippen molar-refractivity contribution in [3.05, 3.63) is 29.3 Å². The number of rotatable bonds is 3. The number of anilines is 1. The van der Waals surface area contributed by atoms with Gasteiger partial charge in [0.25, 0.3) is 0 Å². The van der Waals surface area contributed by atoms with Gasteiger partial charge in [-0.15, -0.1) is 0 Å². The minimum atomic E-state index is -0.0620. The topological polar surface area (TPSA) is 27.0 Å². The molecule has 84 valence electrons. The summed E-state index contributed by atoms with van der Waals surface area (Å²) in [5.41, 5.74) is 3.78. The molecule has 0 aliphatic heterocycles. The molecule has 1 aromatic carbocycles. The quantitative estimate of drug-likeness (QED) is 0.773. The number of benzene rings is 1. The van der Waals surface area contributed by atoms with Gasteiger partial charge in [-0.3, -0.25) is 0 Å². The van der Waals surface area contributed by atoms with Gasteiger partial charge in [-0.05, 0) is 49.9 Å². The standard InChI is InChI=1S/C14H18N2/c1-11-4-5-13(8-12(11)2)16(3)10-14(9-15)6-7-14/h4-5,8H,6-7,10H2,1-3H3. The molecule has 0 heterocycles. The zero-order valence-corrected chi connectivity index (χ0v) is 10.2. The second-order valence-electron chi connectivity index (χ2n) is 5.02. The summed E-state index contributed by atoms with van der Waals surface area (Å²) in [5.74, 6) is 0. The van der Waals surface area contributed by atoms with Gasteiger partial charge >= 0.3 is 0 Å². The second kappa shape index (κ2) is 3.83. The van der Waals surface area contributed by atoms with Crippen molar-refractivity contribution in [1.82, 2.24) is 0 Å². The minimum Gasteiger partial charge on any atom is -0.373 e. The van der Waals surface area contributed by atoms with Crippen LogP contribution in [0.5, 0.6) is 0 Å². The first-order valence-corrected chi connectivity index (χ1v) is 5.76. The Hall–Kier alpha value is -1.49. The van der Waals surface area contributed by atoms with Crippen LogP contribution >= 0.6 is 0 Å². The molecule has 1 aliphatic rings. The molecule has 2 heteroatoms. The van der Waals surface area contributed by atoms with Crippen molar-refractivity contribution in [2.45, 2.75) is 26.7 Å². The Bertz CT molecular complexity index is 439. The van der Waals surface area contributed by atoms with Gasteiger partial charge in [-0.1, -0.05) is 6.07 Å². The van der Waals surface area contributed by atoms with Crippen molar-refractivity contribution in [1.29, 1.82) is 5.26 Å². The lowest BCUT2D eigenvalue weighted by Crippen LogP contribution is -2.25. The molecule has 0 saturated heterocycles. The Kier molecular flexibility index (Phi) is 2.63. The van der Waals surface area contributed by atoms with Crippen LogP contribution in [0, 0.1) is 30.6 Å². The van der Waals surface area contributed by atoms with Crippen LogP contribution in [0.15, 0.2) is 18.2 Å². The highest BCUT2D eigenvalue weighted by Gasteiger charge is 2.44. The molecule has 16 heavy (non-hydrogen) atoms. The summed E-state index contributed by atoms with van der Waals surface area (Å²) < 4.78 is 0. The Labute approximate surface area is 97.5 Å². The van der Waals surface area contributed by atoms with Crippen LogP contribution in [-0.4, -0.2) is 13.6 Å². The molecular formula is C14H18N2. The Morgan fingerprint density at radius 1 is 1.31 bits per heavy atom. The van der Waals surface area contributed by atoms with Crippen LogP contribution in [0.4, 0.5) is 5.69 Å². The highest BCUT2D eigenvalue weighted by Crippen LogP contribution is 2.45. The monoisotopic (exact) mass is 214 g/mol. The summed E-state index contributed by atoms with van der Waals surface area (Å²) in [6, 6.07) is 8.92. The zero-order valence-electron chi connectivity index (χ0n) is 10.2. The van der Waals surface area contributed by atoms with Gasteiger partial charge in [0, 0.05) is 19.3 Å². The van der Waals surface area contributed by atoms with Crippen molar-refractivity contribution >= 4 is 5.69 Å². The predicted octanol–water partition coefficient (Wildman–Crippen LogP) is 3.04. The lowest BCUT2D eigenvalue weighted by Gasteiger charge is -2.22. The second-order valence-corrected chi connectivity index (χ2v) is 5.02. The maximum atomic E-state index is 9.07. The normalized spacial score (nSPS) is 16.6. The summed E-state index contributed by atoms with van der Waals surface area (Å²) >= 11 is 0. The Balaban J connectivity index is 2.12. The Morgan fingerprint density at radius 3 is 2.50 bits per heavy atom. The SMILES string of the molecule is Cc1ccc(N(C)CC2(C#N)CC2)cc1C. The molecule has 1 aromatic rings. The van der Waals surface area contributed by atoms with Crippen molar-refractivity contribution in [3.63, 3.8) is 0 Å². The van der Waals surface area contributed by atoms with E-state index in [1.54, 1.807) is 0 Å².